The van der Waals surface area contributed by atoms with Gasteiger partial charge in [-0.3, -0.25) is 0 Å². The minimum Gasteiger partial charge on any atom is -0.494 e. The van der Waals surface area contributed by atoms with Crippen LogP contribution in [0.1, 0.15) is 40.5 Å². The van der Waals surface area contributed by atoms with Crippen molar-refractivity contribution in [2.24, 2.45) is 5.92 Å². The predicted molar refractivity (Wildman–Crippen MR) is 84.9 cm³/mol. The lowest BCUT2D eigenvalue weighted by atomic mass is 10.1. The molecule has 0 radical (unpaired) electrons. The van der Waals surface area contributed by atoms with Crippen LogP contribution in [0.2, 0.25) is 0 Å². The minimum absolute atomic E-state index is 0.759. The molecule has 0 atom stereocenters. The second-order valence-corrected chi connectivity index (χ2v) is 4.89. The zero-order valence-electron chi connectivity index (χ0n) is 12.6. The average Bonchev–Trinajstić information content (AvgIpc) is 2.45. The van der Waals surface area contributed by atoms with Gasteiger partial charge in [-0.2, -0.15) is 0 Å². The first kappa shape index (κ1) is 15.6. The second-order valence-electron chi connectivity index (χ2n) is 4.89. The highest BCUT2D eigenvalue weighted by atomic mass is 16.5. The van der Waals surface area contributed by atoms with Gasteiger partial charge < -0.3 is 4.74 Å². The molecule has 0 heterocycles. The van der Waals surface area contributed by atoms with E-state index < -0.39 is 0 Å². The third kappa shape index (κ3) is 5.34. The fraction of sp³-hybridized carbons (Fsp3) is 0.444. The first-order chi connectivity index (χ1) is 9.25. The smallest absolute Gasteiger partial charge is 0.119 e. The fourth-order valence-electron chi connectivity index (χ4n) is 1.94. The fourth-order valence-corrected chi connectivity index (χ4v) is 1.94. The predicted octanol–water partition coefficient (Wildman–Crippen LogP) is 5.68. The number of hydrogen-bond donors (Lipinski definition) is 0. The van der Waals surface area contributed by atoms with Gasteiger partial charge in [0.15, 0.2) is 0 Å². The summed E-state index contributed by atoms with van der Waals surface area (Å²) < 4.78 is 5.76. The molecule has 0 N–H and O–H groups in total. The highest BCUT2D eigenvalue weighted by molar-refractivity contribution is 5.83. The summed E-state index contributed by atoms with van der Waals surface area (Å²) in [6.45, 7) is 9.31. The molecule has 0 aliphatic carbocycles. The van der Waals surface area contributed by atoms with Gasteiger partial charge in [0.05, 0.1) is 6.61 Å². The van der Waals surface area contributed by atoms with Gasteiger partial charge in [-0.25, -0.2) is 0 Å². The summed E-state index contributed by atoms with van der Waals surface area (Å²) in [5.41, 5.74) is 0. The van der Waals surface area contributed by atoms with Gasteiger partial charge in [0, 0.05) is 0 Å². The van der Waals surface area contributed by atoms with Crippen molar-refractivity contribution in [3.8, 4) is 5.75 Å². The van der Waals surface area contributed by atoms with E-state index >= 15 is 0 Å². The van der Waals surface area contributed by atoms with Crippen LogP contribution in [-0.4, -0.2) is 6.61 Å². The van der Waals surface area contributed by atoms with E-state index in [2.05, 4.69) is 56.3 Å². The summed E-state index contributed by atoms with van der Waals surface area (Å²) in [4.78, 5) is 0. The van der Waals surface area contributed by atoms with Gasteiger partial charge >= 0.3 is 0 Å². The Balaban J connectivity index is 0.000000861. The van der Waals surface area contributed by atoms with Crippen LogP contribution in [0.15, 0.2) is 42.5 Å². The molecule has 0 aliphatic heterocycles. The van der Waals surface area contributed by atoms with E-state index in [1.807, 2.05) is 13.8 Å². The Morgan fingerprint density at radius 2 is 1.63 bits per heavy atom. The van der Waals surface area contributed by atoms with Crippen molar-refractivity contribution >= 4 is 10.8 Å². The van der Waals surface area contributed by atoms with Crippen LogP contribution in [-0.2, 0) is 0 Å². The molecule has 1 nitrogen and oxygen atoms in total. The molecule has 0 spiro atoms. The van der Waals surface area contributed by atoms with E-state index in [1.54, 1.807) is 0 Å². The number of rotatable bonds is 5. The molecule has 0 amide bonds. The highest BCUT2D eigenvalue weighted by Crippen LogP contribution is 2.20. The van der Waals surface area contributed by atoms with Gasteiger partial charge in [0.25, 0.3) is 0 Å². The van der Waals surface area contributed by atoms with Gasteiger partial charge in [-0.15, -0.1) is 0 Å². The van der Waals surface area contributed by atoms with Crippen LogP contribution in [0.3, 0.4) is 0 Å². The van der Waals surface area contributed by atoms with Crippen molar-refractivity contribution in [2.75, 3.05) is 6.61 Å². The summed E-state index contributed by atoms with van der Waals surface area (Å²) in [5.74, 6) is 1.74. The third-order valence-electron chi connectivity index (χ3n) is 2.92. The lowest BCUT2D eigenvalue weighted by Gasteiger charge is -2.08. The Morgan fingerprint density at radius 3 is 2.32 bits per heavy atom. The maximum absolute atomic E-state index is 5.76. The van der Waals surface area contributed by atoms with Crippen LogP contribution in [0.25, 0.3) is 10.8 Å². The number of fused-ring (bicyclic) bond motifs is 1. The molecule has 2 aromatic rings. The van der Waals surface area contributed by atoms with Crippen LogP contribution < -0.4 is 4.74 Å². The molecule has 0 aromatic heterocycles. The van der Waals surface area contributed by atoms with Gasteiger partial charge in [0.2, 0.25) is 0 Å². The Morgan fingerprint density at radius 1 is 0.947 bits per heavy atom. The van der Waals surface area contributed by atoms with Crippen molar-refractivity contribution in [1.82, 2.24) is 0 Å². The largest absolute Gasteiger partial charge is 0.494 e. The topological polar surface area (TPSA) is 9.23 Å². The molecular formula is C18H26O. The minimum atomic E-state index is 0.759. The molecule has 104 valence electrons. The van der Waals surface area contributed by atoms with Crippen molar-refractivity contribution in [3.63, 3.8) is 0 Å². The van der Waals surface area contributed by atoms with Gasteiger partial charge in [0.1, 0.15) is 5.75 Å². The molecule has 19 heavy (non-hydrogen) atoms. The van der Waals surface area contributed by atoms with Crippen LogP contribution in [0.5, 0.6) is 5.75 Å². The van der Waals surface area contributed by atoms with Crippen molar-refractivity contribution in [1.29, 1.82) is 0 Å². The average molecular weight is 258 g/mol. The van der Waals surface area contributed by atoms with Crippen LogP contribution in [0, 0.1) is 5.92 Å². The lowest BCUT2D eigenvalue weighted by molar-refractivity contribution is 0.298. The standard InChI is InChI=1S/C16H20O.C2H6/c1-13(2)6-5-11-17-16-10-9-14-7-3-4-8-15(14)12-16;1-2/h3-4,7-10,12-13H,5-6,11H2,1-2H3;1-2H3. The molecule has 0 saturated carbocycles. The van der Waals surface area contributed by atoms with E-state index in [-0.39, 0.29) is 0 Å². The molecule has 0 saturated heterocycles. The zero-order chi connectivity index (χ0) is 14.1. The van der Waals surface area contributed by atoms with Gasteiger partial charge in [-0.1, -0.05) is 58.0 Å². The Kier molecular flexibility index (Phi) is 7.02. The summed E-state index contributed by atoms with van der Waals surface area (Å²) in [5, 5.41) is 2.51. The number of benzene rings is 2. The molecule has 0 aliphatic rings. The molecule has 0 bridgehead atoms. The Bertz CT molecular complexity index is 474. The summed E-state index contributed by atoms with van der Waals surface area (Å²) in [6.07, 6.45) is 2.36. The Hall–Kier alpha value is -1.50. The van der Waals surface area contributed by atoms with Crippen LogP contribution >= 0.6 is 0 Å². The first-order valence-corrected chi connectivity index (χ1v) is 7.37. The highest BCUT2D eigenvalue weighted by Gasteiger charge is 1.98. The normalized spacial score (nSPS) is 10.2. The zero-order valence-corrected chi connectivity index (χ0v) is 12.6. The molecule has 2 rings (SSSR count). The quantitative estimate of drug-likeness (QED) is 0.627. The SMILES string of the molecule is CC.CC(C)CCCOc1ccc2ccccc2c1. The van der Waals surface area contributed by atoms with Gasteiger partial charge in [-0.05, 0) is 41.7 Å². The van der Waals surface area contributed by atoms with Crippen molar-refractivity contribution in [3.05, 3.63) is 42.5 Å². The Labute approximate surface area is 117 Å². The first-order valence-electron chi connectivity index (χ1n) is 7.37. The van der Waals surface area contributed by atoms with E-state index in [4.69, 9.17) is 4.74 Å². The maximum atomic E-state index is 5.76. The lowest BCUT2D eigenvalue weighted by Crippen LogP contribution is -1.99. The molecule has 0 unspecified atom stereocenters. The van der Waals surface area contributed by atoms with E-state index in [1.165, 1.54) is 17.2 Å². The maximum Gasteiger partial charge on any atom is 0.119 e. The molecule has 2 aromatic carbocycles. The van der Waals surface area contributed by atoms with Crippen molar-refractivity contribution in [2.45, 2.75) is 40.5 Å². The molecule has 1 heteroatoms. The van der Waals surface area contributed by atoms with Crippen molar-refractivity contribution < 1.29 is 4.74 Å². The molecule has 0 fully saturated rings. The summed E-state index contributed by atoms with van der Waals surface area (Å²) >= 11 is 0. The monoisotopic (exact) mass is 258 g/mol. The summed E-state index contributed by atoms with van der Waals surface area (Å²) in [6, 6.07) is 14.7. The summed E-state index contributed by atoms with van der Waals surface area (Å²) in [7, 11) is 0. The molecular weight excluding hydrogens is 232 g/mol. The number of hydrogen-bond acceptors (Lipinski definition) is 1. The second kappa shape index (κ2) is 8.58. The number of ether oxygens (including phenoxy) is 1. The third-order valence-corrected chi connectivity index (χ3v) is 2.92. The van der Waals surface area contributed by atoms with Crippen LogP contribution in [0.4, 0.5) is 0 Å². The van der Waals surface area contributed by atoms with E-state index in [0.717, 1.165) is 24.7 Å². The van der Waals surface area contributed by atoms with E-state index in [0.29, 0.717) is 0 Å². The van der Waals surface area contributed by atoms with E-state index in [9.17, 15) is 0 Å².